The topological polar surface area (TPSA) is 66.8 Å². The Morgan fingerprint density at radius 3 is 2.50 bits per heavy atom. The van der Waals surface area contributed by atoms with Crippen molar-refractivity contribution in [2.45, 2.75) is 39.2 Å². The van der Waals surface area contributed by atoms with Crippen LogP contribution in [0.5, 0.6) is 5.75 Å². The van der Waals surface area contributed by atoms with Gasteiger partial charge in [-0.3, -0.25) is 9.59 Å². The summed E-state index contributed by atoms with van der Waals surface area (Å²) in [5, 5.41) is 11.0. The van der Waals surface area contributed by atoms with Crippen LogP contribution in [0, 0.1) is 5.82 Å². The van der Waals surface area contributed by atoms with E-state index >= 15 is 0 Å². The third-order valence-corrected chi connectivity index (χ3v) is 5.15. The number of hydrogen-bond donors (Lipinski definition) is 1. The first-order chi connectivity index (χ1) is 14.5. The van der Waals surface area contributed by atoms with Crippen LogP contribution in [0.25, 0.3) is 5.76 Å². The summed E-state index contributed by atoms with van der Waals surface area (Å²) < 4.78 is 19.0. The summed E-state index contributed by atoms with van der Waals surface area (Å²) in [5.74, 6) is -1.51. The molecule has 1 saturated heterocycles. The van der Waals surface area contributed by atoms with Gasteiger partial charge in [0.25, 0.3) is 11.7 Å². The Labute approximate surface area is 175 Å². The number of halogens is 1. The lowest BCUT2D eigenvalue weighted by Crippen LogP contribution is -2.30. The van der Waals surface area contributed by atoms with Gasteiger partial charge in [-0.1, -0.05) is 44.0 Å². The zero-order valence-corrected chi connectivity index (χ0v) is 17.2. The second-order valence-corrected chi connectivity index (χ2v) is 7.21. The minimum Gasteiger partial charge on any atom is -0.507 e. The fraction of sp³-hybridized carbons (Fsp3) is 0.333. The summed E-state index contributed by atoms with van der Waals surface area (Å²) >= 11 is 0. The molecule has 1 aliphatic heterocycles. The summed E-state index contributed by atoms with van der Waals surface area (Å²) in [6.45, 7) is 4.75. The van der Waals surface area contributed by atoms with Crippen LogP contribution in [0.1, 0.15) is 50.3 Å². The van der Waals surface area contributed by atoms with Crippen LogP contribution in [0.4, 0.5) is 4.39 Å². The molecule has 1 amide bonds. The van der Waals surface area contributed by atoms with Gasteiger partial charge in [0, 0.05) is 12.1 Å². The number of unbranched alkanes of at least 4 members (excludes halogenated alkanes) is 2. The van der Waals surface area contributed by atoms with Gasteiger partial charge in [0.15, 0.2) is 0 Å². The van der Waals surface area contributed by atoms with Crippen LogP contribution in [-0.4, -0.2) is 34.8 Å². The molecule has 0 aliphatic carbocycles. The molecule has 5 nitrogen and oxygen atoms in total. The maximum Gasteiger partial charge on any atom is 0.295 e. The van der Waals surface area contributed by atoms with Gasteiger partial charge in [-0.25, -0.2) is 4.39 Å². The van der Waals surface area contributed by atoms with Gasteiger partial charge in [0.2, 0.25) is 0 Å². The van der Waals surface area contributed by atoms with Crippen molar-refractivity contribution in [1.82, 2.24) is 4.90 Å². The molecule has 1 atom stereocenters. The molecule has 1 heterocycles. The molecule has 2 aromatic rings. The summed E-state index contributed by atoms with van der Waals surface area (Å²) in [5.41, 5.74) is 0.978. The van der Waals surface area contributed by atoms with Crippen molar-refractivity contribution in [2.75, 3.05) is 13.2 Å². The number of nitrogens with zero attached hydrogens (tertiary/aromatic N) is 1. The number of ketones is 1. The second-order valence-electron chi connectivity index (χ2n) is 7.21. The number of amides is 1. The summed E-state index contributed by atoms with van der Waals surface area (Å²) in [6, 6.07) is 11.7. The number of carbonyl (C=O) groups is 2. The Hall–Kier alpha value is -3.15. The van der Waals surface area contributed by atoms with Gasteiger partial charge < -0.3 is 14.7 Å². The first kappa shape index (κ1) is 21.6. The average Bonchev–Trinajstić information content (AvgIpc) is 2.99. The van der Waals surface area contributed by atoms with Gasteiger partial charge in [0.1, 0.15) is 17.3 Å². The molecule has 1 unspecified atom stereocenters. The van der Waals surface area contributed by atoms with Crippen molar-refractivity contribution >= 4 is 17.4 Å². The van der Waals surface area contributed by atoms with E-state index < -0.39 is 23.5 Å². The highest BCUT2D eigenvalue weighted by atomic mass is 19.1. The molecule has 3 rings (SSSR count). The quantitative estimate of drug-likeness (QED) is 0.292. The highest BCUT2D eigenvalue weighted by Gasteiger charge is 2.45. The fourth-order valence-corrected chi connectivity index (χ4v) is 3.69. The monoisotopic (exact) mass is 411 g/mol. The van der Waals surface area contributed by atoms with E-state index in [9.17, 15) is 19.1 Å². The molecule has 2 aromatic carbocycles. The molecule has 0 spiro atoms. The fourth-order valence-electron chi connectivity index (χ4n) is 3.69. The number of benzene rings is 2. The van der Waals surface area contributed by atoms with E-state index in [2.05, 4.69) is 6.92 Å². The van der Waals surface area contributed by atoms with E-state index in [4.69, 9.17) is 4.74 Å². The highest BCUT2D eigenvalue weighted by molar-refractivity contribution is 6.46. The zero-order chi connectivity index (χ0) is 21.7. The lowest BCUT2D eigenvalue weighted by Gasteiger charge is -2.25. The Morgan fingerprint density at radius 1 is 1.10 bits per heavy atom. The van der Waals surface area contributed by atoms with Crippen LogP contribution in [0.2, 0.25) is 0 Å². The highest BCUT2D eigenvalue weighted by Crippen LogP contribution is 2.39. The molecule has 0 saturated carbocycles. The molecule has 1 N–H and O–H groups in total. The van der Waals surface area contributed by atoms with E-state index in [0.29, 0.717) is 30.0 Å². The van der Waals surface area contributed by atoms with Crippen LogP contribution >= 0.6 is 0 Å². The first-order valence-corrected chi connectivity index (χ1v) is 10.2. The number of aliphatic hydroxyl groups excluding tert-OH is 1. The number of hydrogen-bond acceptors (Lipinski definition) is 4. The minimum atomic E-state index is -0.766. The third kappa shape index (κ3) is 4.37. The molecule has 158 valence electrons. The third-order valence-electron chi connectivity index (χ3n) is 5.15. The number of carbonyl (C=O) groups excluding carboxylic acids is 2. The summed E-state index contributed by atoms with van der Waals surface area (Å²) in [6.07, 6.45) is 2.62. The molecule has 6 heteroatoms. The average molecular weight is 411 g/mol. The lowest BCUT2D eigenvalue weighted by molar-refractivity contribution is -0.139. The Balaban J connectivity index is 2.10. The molecule has 30 heavy (non-hydrogen) atoms. The summed E-state index contributed by atoms with van der Waals surface area (Å²) in [7, 11) is 0. The molecule has 0 radical (unpaired) electrons. The smallest absolute Gasteiger partial charge is 0.295 e. The van der Waals surface area contributed by atoms with Gasteiger partial charge >= 0.3 is 0 Å². The van der Waals surface area contributed by atoms with Crippen molar-refractivity contribution in [3.05, 3.63) is 71.0 Å². The summed E-state index contributed by atoms with van der Waals surface area (Å²) in [4.78, 5) is 27.2. The Bertz CT molecular complexity index is 952. The van der Waals surface area contributed by atoms with Gasteiger partial charge in [0.05, 0.1) is 18.2 Å². The SMILES string of the molecule is CCCCCN1C(=O)C(=O)/C(=C(\O)c2cccc(OCC)c2)C1c1ccc(F)cc1. The molecule has 0 aromatic heterocycles. The standard InChI is InChI=1S/C24H26FNO4/c1-3-5-6-14-26-21(16-10-12-18(25)13-11-16)20(23(28)24(26)29)22(27)17-8-7-9-19(15-17)30-4-2/h7-13,15,21,27H,3-6,14H2,1-2H3/b22-20-. The van der Waals surface area contributed by atoms with E-state index in [1.54, 1.807) is 36.4 Å². The molecule has 1 fully saturated rings. The van der Waals surface area contributed by atoms with Gasteiger partial charge in [-0.05, 0) is 43.2 Å². The van der Waals surface area contributed by atoms with E-state index in [0.717, 1.165) is 19.3 Å². The van der Waals surface area contributed by atoms with Gasteiger partial charge in [-0.2, -0.15) is 0 Å². The van der Waals surface area contributed by atoms with Crippen LogP contribution in [0.15, 0.2) is 54.1 Å². The molecule has 1 aliphatic rings. The van der Waals surface area contributed by atoms with Crippen LogP contribution < -0.4 is 4.74 Å². The Morgan fingerprint density at radius 2 is 1.83 bits per heavy atom. The predicted octanol–water partition coefficient (Wildman–Crippen LogP) is 4.84. The van der Waals surface area contributed by atoms with Crippen LogP contribution in [0.3, 0.4) is 0 Å². The number of rotatable bonds is 8. The number of ether oxygens (including phenoxy) is 1. The lowest BCUT2D eigenvalue weighted by atomic mass is 9.95. The molecule has 0 bridgehead atoms. The molecular formula is C24H26FNO4. The normalized spacial score (nSPS) is 18.1. The maximum absolute atomic E-state index is 13.5. The maximum atomic E-state index is 13.5. The minimum absolute atomic E-state index is 0.0109. The van der Waals surface area contributed by atoms with Crippen molar-refractivity contribution in [3.63, 3.8) is 0 Å². The predicted molar refractivity (Wildman–Crippen MR) is 113 cm³/mol. The van der Waals surface area contributed by atoms with Crippen molar-refractivity contribution in [1.29, 1.82) is 0 Å². The van der Waals surface area contributed by atoms with Crippen LogP contribution in [-0.2, 0) is 9.59 Å². The number of aliphatic hydroxyl groups is 1. The zero-order valence-electron chi connectivity index (χ0n) is 17.2. The van der Waals surface area contributed by atoms with Crippen molar-refractivity contribution in [2.24, 2.45) is 0 Å². The van der Waals surface area contributed by atoms with Gasteiger partial charge in [-0.15, -0.1) is 0 Å². The van der Waals surface area contributed by atoms with E-state index in [-0.39, 0.29) is 11.3 Å². The number of likely N-dealkylation sites (tertiary alicyclic amines) is 1. The first-order valence-electron chi connectivity index (χ1n) is 10.2. The molecular weight excluding hydrogens is 385 g/mol. The largest absolute Gasteiger partial charge is 0.507 e. The number of Topliss-reactive ketones (excluding diaryl/α,β-unsaturated/α-hetero) is 1. The van der Waals surface area contributed by atoms with E-state index in [1.807, 2.05) is 6.92 Å². The second kappa shape index (κ2) is 9.57. The van der Waals surface area contributed by atoms with Crippen molar-refractivity contribution in [3.8, 4) is 5.75 Å². The van der Waals surface area contributed by atoms with E-state index in [1.165, 1.54) is 17.0 Å². The Kier molecular flexibility index (Phi) is 6.87. The van der Waals surface area contributed by atoms with Crippen molar-refractivity contribution < 1.29 is 23.8 Å².